The Kier molecular flexibility index (Phi) is 34.7. The topological polar surface area (TPSA) is 478 Å². The molecule has 0 aliphatic heterocycles. The fourth-order valence-electron chi connectivity index (χ4n) is 9.05. The van der Waals surface area contributed by atoms with E-state index < -0.39 is 198 Å². The first-order valence-corrected chi connectivity index (χ1v) is 30.7. The third-order valence-corrected chi connectivity index (χ3v) is 15.0. The summed E-state index contributed by atoms with van der Waals surface area (Å²) >= 11 is 0. The zero-order valence-electron chi connectivity index (χ0n) is 54.9. The third kappa shape index (κ3) is 28.2. The molecule has 0 spiro atoms. The van der Waals surface area contributed by atoms with E-state index in [4.69, 9.17) is 5.73 Å². The number of carbonyl (C=O) groups excluding carboxylic acids is 11. The van der Waals surface area contributed by atoms with Gasteiger partial charge in [-0.3, -0.25) is 62.3 Å². The fraction of sp³-hybridized carbons (Fsp3) is 0.672. The SMILES string of the molecule is CC[C@H](C)[C@H](NC(=O)[C@@H](NC(=O)[C@H](CC(=O)O)NC(=O)[C@@H](NC(=O)[C@H](CC(C)C)NC(=O)[C@H](CC(=O)O)NC(=O)[C@H](C)NC(=O)[C@H](Cc1ccccc1)NC(=O)[C@H](C)NC(=O)[C@@H](NC(=O)[C@H](CC(C)C)NC(=O)[C@@H](N)[C@@H](C)O)[C@@H](C)CC)C(C)C)C(C)C)C(=O)O. The second-order valence-corrected chi connectivity index (χ2v) is 24.7. The molecule has 30 nitrogen and oxygen atoms in total. The molecule has 1 aromatic carbocycles. The van der Waals surface area contributed by atoms with Crippen LogP contribution in [0, 0.1) is 35.5 Å². The van der Waals surface area contributed by atoms with Crippen molar-refractivity contribution in [2.75, 3.05) is 0 Å². The molecule has 1 aromatic rings. The van der Waals surface area contributed by atoms with Crippen molar-refractivity contribution in [3.63, 3.8) is 0 Å². The molecule has 0 aliphatic rings. The summed E-state index contributed by atoms with van der Waals surface area (Å²) in [4.78, 5) is 187. The van der Waals surface area contributed by atoms with Gasteiger partial charge in [0.05, 0.1) is 18.9 Å². The lowest BCUT2D eigenvalue weighted by Gasteiger charge is -2.30. The van der Waals surface area contributed by atoms with Gasteiger partial charge in [-0.1, -0.05) is 126 Å². The van der Waals surface area contributed by atoms with E-state index in [1.165, 1.54) is 34.6 Å². The molecule has 0 saturated heterocycles. The lowest BCUT2D eigenvalue weighted by atomic mass is 9.96. The molecule has 11 amide bonds. The summed E-state index contributed by atoms with van der Waals surface area (Å²) in [6.45, 7) is 23.7. The van der Waals surface area contributed by atoms with Crippen LogP contribution in [0.4, 0.5) is 0 Å². The van der Waals surface area contributed by atoms with Crippen LogP contribution in [0.5, 0.6) is 0 Å². The summed E-state index contributed by atoms with van der Waals surface area (Å²) in [5.41, 5.74) is 6.35. The van der Waals surface area contributed by atoms with Gasteiger partial charge in [0.15, 0.2) is 0 Å². The van der Waals surface area contributed by atoms with Gasteiger partial charge in [0.1, 0.15) is 72.5 Å². The van der Waals surface area contributed by atoms with E-state index in [-0.39, 0.29) is 31.1 Å². The molecule has 0 radical (unpaired) electrons. The summed E-state index contributed by atoms with van der Waals surface area (Å²) in [5.74, 6) is -17.7. The van der Waals surface area contributed by atoms with Gasteiger partial charge in [0.2, 0.25) is 65.0 Å². The van der Waals surface area contributed by atoms with Crippen molar-refractivity contribution in [2.45, 2.75) is 227 Å². The molecule has 0 aromatic heterocycles. The predicted octanol–water partition coefficient (Wildman–Crippen LogP) is -1.16. The lowest BCUT2D eigenvalue weighted by Crippen LogP contribution is -2.62. The molecule has 0 saturated carbocycles. The minimum absolute atomic E-state index is 0.110. The second-order valence-electron chi connectivity index (χ2n) is 24.7. The number of hydrogen-bond acceptors (Lipinski definition) is 16. The van der Waals surface area contributed by atoms with Crippen molar-refractivity contribution in [2.24, 2.45) is 41.2 Å². The number of aliphatic hydroxyl groups is 1. The van der Waals surface area contributed by atoms with Gasteiger partial charge in [-0.25, -0.2) is 4.79 Å². The van der Waals surface area contributed by atoms with E-state index >= 15 is 0 Å². The Morgan fingerprint density at radius 2 is 0.703 bits per heavy atom. The molecule has 1 rings (SSSR count). The van der Waals surface area contributed by atoms with Crippen molar-refractivity contribution in [1.29, 1.82) is 0 Å². The molecule has 512 valence electrons. The summed E-state index contributed by atoms with van der Waals surface area (Å²) in [7, 11) is 0. The zero-order valence-corrected chi connectivity index (χ0v) is 54.9. The number of rotatable bonds is 40. The molecule has 0 aliphatic carbocycles. The van der Waals surface area contributed by atoms with E-state index in [1.54, 1.807) is 85.7 Å². The van der Waals surface area contributed by atoms with E-state index in [9.17, 15) is 87.5 Å². The Labute approximate surface area is 531 Å². The van der Waals surface area contributed by atoms with Gasteiger partial charge < -0.3 is 84.6 Å². The highest BCUT2D eigenvalue weighted by Gasteiger charge is 2.39. The zero-order chi connectivity index (χ0) is 69.9. The maximum absolute atomic E-state index is 14.1. The molecule has 15 atom stereocenters. The van der Waals surface area contributed by atoms with Gasteiger partial charge in [-0.05, 0) is 74.7 Å². The number of aliphatic carboxylic acids is 3. The minimum Gasteiger partial charge on any atom is -0.481 e. The summed E-state index contributed by atoms with van der Waals surface area (Å²) in [5, 5.41) is 66.4. The van der Waals surface area contributed by atoms with E-state index in [2.05, 4.69) is 58.5 Å². The number of carbonyl (C=O) groups is 14. The largest absolute Gasteiger partial charge is 0.481 e. The molecule has 0 fully saturated rings. The minimum atomic E-state index is -1.89. The van der Waals surface area contributed by atoms with Crippen molar-refractivity contribution in [1.82, 2.24) is 58.5 Å². The first-order valence-electron chi connectivity index (χ1n) is 30.7. The highest BCUT2D eigenvalue weighted by molar-refractivity contribution is 6.00. The van der Waals surface area contributed by atoms with Crippen LogP contribution in [-0.2, 0) is 73.5 Å². The van der Waals surface area contributed by atoms with Crippen LogP contribution in [0.1, 0.15) is 148 Å². The smallest absolute Gasteiger partial charge is 0.326 e. The van der Waals surface area contributed by atoms with Crippen molar-refractivity contribution < 1.29 is 87.5 Å². The van der Waals surface area contributed by atoms with Gasteiger partial charge in [-0.2, -0.15) is 0 Å². The number of amides is 11. The van der Waals surface area contributed by atoms with E-state index in [0.717, 1.165) is 0 Å². The Bertz CT molecular complexity index is 2670. The number of carboxylic acids is 3. The Morgan fingerprint density at radius 1 is 0.385 bits per heavy atom. The number of aliphatic hydroxyl groups excluding tert-OH is 1. The van der Waals surface area contributed by atoms with Crippen LogP contribution in [0.2, 0.25) is 0 Å². The van der Waals surface area contributed by atoms with Crippen molar-refractivity contribution in [3.8, 4) is 0 Å². The average molecular weight is 1290 g/mol. The first-order chi connectivity index (χ1) is 42.3. The molecule has 17 N–H and O–H groups in total. The first kappa shape index (κ1) is 80.7. The maximum atomic E-state index is 14.1. The van der Waals surface area contributed by atoms with Crippen LogP contribution in [-0.4, -0.2) is 182 Å². The van der Waals surface area contributed by atoms with Crippen LogP contribution in [0.3, 0.4) is 0 Å². The number of carboxylic acid groups (broad SMARTS) is 3. The maximum Gasteiger partial charge on any atom is 0.326 e. The lowest BCUT2D eigenvalue weighted by molar-refractivity contribution is -0.144. The van der Waals surface area contributed by atoms with Crippen LogP contribution in [0.25, 0.3) is 0 Å². The monoisotopic (exact) mass is 1290 g/mol. The predicted molar refractivity (Wildman–Crippen MR) is 332 cm³/mol. The van der Waals surface area contributed by atoms with Crippen molar-refractivity contribution in [3.05, 3.63) is 35.9 Å². The van der Waals surface area contributed by atoms with Gasteiger partial charge in [-0.15, -0.1) is 0 Å². The van der Waals surface area contributed by atoms with Gasteiger partial charge in [0, 0.05) is 6.42 Å². The van der Waals surface area contributed by atoms with Crippen LogP contribution >= 0.6 is 0 Å². The average Bonchev–Trinajstić information content (AvgIpc) is 1.02. The Hall–Kier alpha value is -8.28. The normalized spacial score (nSPS) is 16.3. The van der Waals surface area contributed by atoms with Gasteiger partial charge >= 0.3 is 17.9 Å². The third-order valence-electron chi connectivity index (χ3n) is 15.0. The Morgan fingerprint density at radius 3 is 1.10 bits per heavy atom. The second kappa shape index (κ2) is 39.1. The highest BCUT2D eigenvalue weighted by Crippen LogP contribution is 2.15. The fourth-order valence-corrected chi connectivity index (χ4v) is 9.05. The summed E-state index contributed by atoms with van der Waals surface area (Å²) in [6.07, 6.45) is -2.63. The molecule has 0 heterocycles. The quantitative estimate of drug-likeness (QED) is 0.0368. The Balaban J connectivity index is 3.42. The summed E-state index contributed by atoms with van der Waals surface area (Å²) in [6, 6.07) is -9.14. The molecule has 0 unspecified atom stereocenters. The molecular weight excluding hydrogens is 1190 g/mol. The molecule has 0 bridgehead atoms. The van der Waals surface area contributed by atoms with Gasteiger partial charge in [0.25, 0.3) is 0 Å². The van der Waals surface area contributed by atoms with E-state index in [1.807, 2.05) is 13.8 Å². The number of nitrogens with one attached hydrogen (secondary N) is 11. The highest BCUT2D eigenvalue weighted by atomic mass is 16.4. The number of hydrogen-bond donors (Lipinski definition) is 16. The summed E-state index contributed by atoms with van der Waals surface area (Å²) < 4.78 is 0. The van der Waals surface area contributed by atoms with Crippen LogP contribution in [0.15, 0.2) is 30.3 Å². The molecular formula is C61H100N12O18. The number of nitrogens with two attached hydrogens (primary N) is 1. The van der Waals surface area contributed by atoms with Crippen LogP contribution < -0.4 is 64.2 Å². The standard InChI is InChI=1S/C61H100N12O18/c1-16-32(11)48(72-55(84)39(24-29(5)6)68-57(86)45(62)36(15)74)60(89)64-35(14)51(80)65-40(25-37-21-19-18-20-22-37)52(81)63-34(13)50(79)66-41(26-43(75)76)53(82)67-38(23-28(3)4)54(83)70-46(30(7)8)58(87)69-42(27-44(77)78)56(85)71-47(31(9)10)59(88)73-49(61(90)91)33(12)17-2/h18-22,28-36,38-42,45-49,74H,16-17,23-27,62H2,1-15H3,(H,63,81)(H,64,89)(H,65,80)(H,66,79)(H,67,82)(H,68,86)(H,69,87)(H,70,83)(H,71,85)(H,72,84)(H,73,88)(H,75,76)(H,77,78)(H,90,91)/t32-,33-,34-,35-,36+,38-,39-,40-,41-,42-,45-,46-,47-,48-,49-/m0/s1. The molecule has 30 heteroatoms. The van der Waals surface area contributed by atoms with Crippen molar-refractivity contribution >= 4 is 82.9 Å². The molecule has 91 heavy (non-hydrogen) atoms. The number of benzene rings is 1. The van der Waals surface area contributed by atoms with E-state index in [0.29, 0.717) is 18.4 Å².